The Morgan fingerprint density at radius 2 is 2.08 bits per heavy atom. The first-order valence-corrected chi connectivity index (χ1v) is 9.78. The van der Waals surface area contributed by atoms with Gasteiger partial charge in [-0.25, -0.2) is 0 Å². The second-order valence-electron chi connectivity index (χ2n) is 6.85. The fraction of sp³-hybridized carbons (Fsp3) is 0.700. The molecule has 0 amide bonds. The third-order valence-corrected chi connectivity index (χ3v) is 4.96. The quantitative estimate of drug-likeness (QED) is 0.388. The summed E-state index contributed by atoms with van der Waals surface area (Å²) in [5, 5.41) is 6.81. The van der Waals surface area contributed by atoms with E-state index in [0.29, 0.717) is 5.41 Å². The Kier molecular flexibility index (Phi) is 8.73. The summed E-state index contributed by atoms with van der Waals surface area (Å²) < 4.78 is 5.60. The lowest BCUT2D eigenvalue weighted by Crippen LogP contribution is -2.39. The van der Waals surface area contributed by atoms with Crippen LogP contribution in [-0.4, -0.2) is 43.8 Å². The maximum atomic E-state index is 5.60. The zero-order valence-corrected chi connectivity index (χ0v) is 15.9. The minimum Gasteiger partial charge on any atom is -0.382 e. The second kappa shape index (κ2) is 11.1. The number of hydrogen-bond acceptors (Lipinski definition) is 3. The SMILES string of the molecule is CCNC(=NCC1(CCOCC)CCCC1)NCCc1ccccn1. The van der Waals surface area contributed by atoms with E-state index in [4.69, 9.17) is 9.73 Å². The van der Waals surface area contributed by atoms with E-state index in [1.54, 1.807) is 0 Å². The van der Waals surface area contributed by atoms with Crippen LogP contribution >= 0.6 is 0 Å². The lowest BCUT2D eigenvalue weighted by Gasteiger charge is -2.27. The van der Waals surface area contributed by atoms with E-state index >= 15 is 0 Å². The average molecular weight is 347 g/mol. The van der Waals surface area contributed by atoms with Crippen LogP contribution in [0.1, 0.15) is 51.6 Å². The minimum atomic E-state index is 0.332. The summed E-state index contributed by atoms with van der Waals surface area (Å²) in [5.74, 6) is 0.918. The molecule has 1 aromatic heterocycles. The van der Waals surface area contributed by atoms with E-state index in [1.807, 2.05) is 18.3 Å². The first-order chi connectivity index (χ1) is 12.3. The van der Waals surface area contributed by atoms with Gasteiger partial charge >= 0.3 is 0 Å². The Bertz CT molecular complexity index is 498. The van der Waals surface area contributed by atoms with E-state index in [9.17, 15) is 0 Å². The maximum absolute atomic E-state index is 5.60. The smallest absolute Gasteiger partial charge is 0.191 e. The van der Waals surface area contributed by atoms with Crippen LogP contribution in [0, 0.1) is 5.41 Å². The van der Waals surface area contributed by atoms with Gasteiger partial charge in [0.15, 0.2) is 5.96 Å². The molecule has 2 N–H and O–H groups in total. The molecular weight excluding hydrogens is 312 g/mol. The molecule has 1 aliphatic rings. The van der Waals surface area contributed by atoms with Crippen LogP contribution < -0.4 is 10.6 Å². The van der Waals surface area contributed by atoms with E-state index in [0.717, 1.165) is 57.3 Å². The average Bonchev–Trinajstić information content (AvgIpc) is 3.10. The van der Waals surface area contributed by atoms with Gasteiger partial charge in [-0.1, -0.05) is 18.9 Å². The van der Waals surface area contributed by atoms with Crippen molar-refractivity contribution >= 4 is 5.96 Å². The maximum Gasteiger partial charge on any atom is 0.191 e. The Hall–Kier alpha value is -1.62. The van der Waals surface area contributed by atoms with Gasteiger partial charge in [0.2, 0.25) is 0 Å². The molecule has 0 saturated heterocycles. The molecule has 1 saturated carbocycles. The topological polar surface area (TPSA) is 58.5 Å². The number of ether oxygens (including phenoxy) is 1. The van der Waals surface area contributed by atoms with Crippen molar-refractivity contribution in [3.8, 4) is 0 Å². The van der Waals surface area contributed by atoms with Crippen molar-refractivity contribution in [3.05, 3.63) is 30.1 Å². The van der Waals surface area contributed by atoms with Crippen LogP contribution in [0.5, 0.6) is 0 Å². The molecule has 0 radical (unpaired) electrons. The molecule has 5 heteroatoms. The van der Waals surface area contributed by atoms with E-state index in [1.165, 1.54) is 25.7 Å². The molecule has 0 aliphatic heterocycles. The van der Waals surface area contributed by atoms with E-state index in [-0.39, 0.29) is 0 Å². The lowest BCUT2D eigenvalue weighted by atomic mass is 9.83. The molecule has 5 nitrogen and oxygen atoms in total. The Balaban J connectivity index is 1.86. The zero-order valence-electron chi connectivity index (χ0n) is 15.9. The fourth-order valence-electron chi connectivity index (χ4n) is 3.49. The van der Waals surface area contributed by atoms with Crippen LogP contribution in [0.2, 0.25) is 0 Å². The largest absolute Gasteiger partial charge is 0.382 e. The molecule has 0 aromatic carbocycles. The number of pyridine rings is 1. The van der Waals surface area contributed by atoms with Crippen molar-refractivity contribution in [1.82, 2.24) is 15.6 Å². The molecule has 2 rings (SSSR count). The van der Waals surface area contributed by atoms with Gasteiger partial charge in [-0.2, -0.15) is 0 Å². The third kappa shape index (κ3) is 7.02. The van der Waals surface area contributed by atoms with Crippen LogP contribution in [-0.2, 0) is 11.2 Å². The summed E-state index contributed by atoms with van der Waals surface area (Å²) in [4.78, 5) is 9.27. The number of aromatic nitrogens is 1. The molecule has 1 aromatic rings. The van der Waals surface area contributed by atoms with Gasteiger partial charge in [0.05, 0.1) is 0 Å². The van der Waals surface area contributed by atoms with Gasteiger partial charge in [-0.15, -0.1) is 0 Å². The predicted molar refractivity (Wildman–Crippen MR) is 104 cm³/mol. The molecule has 0 atom stereocenters. The molecule has 25 heavy (non-hydrogen) atoms. The van der Waals surface area contributed by atoms with Gasteiger partial charge in [0.1, 0.15) is 0 Å². The highest BCUT2D eigenvalue weighted by Crippen LogP contribution is 2.41. The van der Waals surface area contributed by atoms with Gasteiger partial charge in [0.25, 0.3) is 0 Å². The monoisotopic (exact) mass is 346 g/mol. The Labute approximate surface area is 152 Å². The molecular formula is C20H34N4O. The van der Waals surface area contributed by atoms with Crippen molar-refractivity contribution < 1.29 is 4.74 Å². The zero-order chi connectivity index (χ0) is 17.8. The number of rotatable bonds is 10. The molecule has 1 heterocycles. The van der Waals surface area contributed by atoms with Crippen molar-refractivity contribution in [2.24, 2.45) is 10.4 Å². The highest BCUT2D eigenvalue weighted by molar-refractivity contribution is 5.79. The Morgan fingerprint density at radius 3 is 2.76 bits per heavy atom. The van der Waals surface area contributed by atoms with Crippen LogP contribution in [0.4, 0.5) is 0 Å². The normalized spacial score (nSPS) is 16.8. The summed E-state index contributed by atoms with van der Waals surface area (Å²) in [6.45, 7) is 8.44. The molecule has 0 bridgehead atoms. The molecule has 1 fully saturated rings. The lowest BCUT2D eigenvalue weighted by molar-refractivity contribution is 0.107. The number of nitrogens with zero attached hydrogens (tertiary/aromatic N) is 2. The molecule has 0 unspecified atom stereocenters. The summed E-state index contributed by atoms with van der Waals surface area (Å²) in [7, 11) is 0. The van der Waals surface area contributed by atoms with Gasteiger partial charge in [-0.05, 0) is 50.7 Å². The molecule has 0 spiro atoms. The minimum absolute atomic E-state index is 0.332. The summed E-state index contributed by atoms with van der Waals surface area (Å²) in [5.41, 5.74) is 1.44. The first-order valence-electron chi connectivity index (χ1n) is 9.78. The summed E-state index contributed by atoms with van der Waals surface area (Å²) in [6, 6.07) is 6.04. The van der Waals surface area contributed by atoms with E-state index < -0.39 is 0 Å². The fourth-order valence-corrected chi connectivity index (χ4v) is 3.49. The standard InChI is InChI=1S/C20H34N4O/c1-3-21-19(23-15-10-18-9-5-8-14-22-18)24-17-20(11-6-7-12-20)13-16-25-4-2/h5,8-9,14H,3-4,6-7,10-13,15-17H2,1-2H3,(H2,21,23,24). The van der Waals surface area contributed by atoms with Gasteiger partial charge < -0.3 is 15.4 Å². The van der Waals surface area contributed by atoms with Crippen LogP contribution in [0.3, 0.4) is 0 Å². The van der Waals surface area contributed by atoms with Crippen molar-refractivity contribution in [2.75, 3.05) is 32.8 Å². The van der Waals surface area contributed by atoms with Crippen molar-refractivity contribution in [2.45, 2.75) is 52.4 Å². The number of aliphatic imine (C=N–C) groups is 1. The van der Waals surface area contributed by atoms with Crippen molar-refractivity contribution in [1.29, 1.82) is 0 Å². The number of hydrogen-bond donors (Lipinski definition) is 2. The predicted octanol–water partition coefficient (Wildman–Crippen LogP) is 3.17. The summed E-state index contributed by atoms with van der Waals surface area (Å²) in [6.07, 6.45) is 9.07. The molecule has 1 aliphatic carbocycles. The van der Waals surface area contributed by atoms with Gasteiger partial charge in [-0.3, -0.25) is 9.98 Å². The highest BCUT2D eigenvalue weighted by Gasteiger charge is 2.33. The third-order valence-electron chi connectivity index (χ3n) is 4.96. The van der Waals surface area contributed by atoms with Crippen LogP contribution in [0.25, 0.3) is 0 Å². The molecule has 140 valence electrons. The number of guanidine groups is 1. The van der Waals surface area contributed by atoms with Crippen LogP contribution in [0.15, 0.2) is 29.4 Å². The second-order valence-corrected chi connectivity index (χ2v) is 6.85. The van der Waals surface area contributed by atoms with Crippen molar-refractivity contribution in [3.63, 3.8) is 0 Å². The number of nitrogens with one attached hydrogen (secondary N) is 2. The highest BCUT2D eigenvalue weighted by atomic mass is 16.5. The van der Waals surface area contributed by atoms with E-state index in [2.05, 4.69) is 35.5 Å². The van der Waals surface area contributed by atoms with Gasteiger partial charge in [0, 0.05) is 51.2 Å². The first kappa shape index (κ1) is 19.7. The summed E-state index contributed by atoms with van der Waals surface area (Å²) >= 11 is 0. The Morgan fingerprint density at radius 1 is 1.24 bits per heavy atom.